The van der Waals surface area contributed by atoms with Crippen molar-refractivity contribution in [2.45, 2.75) is 34.1 Å². The molecule has 0 spiro atoms. The van der Waals surface area contributed by atoms with Gasteiger partial charge in [0.1, 0.15) is 5.82 Å². The van der Waals surface area contributed by atoms with Crippen LogP contribution in [-0.4, -0.2) is 29.1 Å². The molecule has 0 aromatic carbocycles. The molecule has 1 saturated heterocycles. The Labute approximate surface area is 120 Å². The quantitative estimate of drug-likeness (QED) is 0.376. The molecule has 1 aromatic heterocycles. The third-order valence-corrected chi connectivity index (χ3v) is 4.32. The van der Waals surface area contributed by atoms with Gasteiger partial charge in [-0.15, -0.1) is 0 Å². The molecule has 5 nitrogen and oxygen atoms in total. The van der Waals surface area contributed by atoms with E-state index in [1.165, 1.54) is 0 Å². The normalized spacial score (nSPS) is 24.0. The van der Waals surface area contributed by atoms with Crippen LogP contribution in [0, 0.1) is 25.7 Å². The van der Waals surface area contributed by atoms with Gasteiger partial charge < -0.3 is 15.8 Å². The second-order valence-corrected chi connectivity index (χ2v) is 5.95. The van der Waals surface area contributed by atoms with Crippen molar-refractivity contribution in [1.82, 2.24) is 4.98 Å². The smallest absolute Gasteiger partial charge is 0.174 e. The number of nitrogens with two attached hydrogens (primary N) is 1. The van der Waals surface area contributed by atoms with Crippen molar-refractivity contribution in [1.29, 1.82) is 0 Å². The van der Waals surface area contributed by atoms with Gasteiger partial charge >= 0.3 is 0 Å². The van der Waals surface area contributed by atoms with Crippen LogP contribution in [0.5, 0.6) is 0 Å². The molecule has 1 fully saturated rings. The molecule has 0 bridgehead atoms. The second-order valence-electron chi connectivity index (χ2n) is 5.95. The van der Waals surface area contributed by atoms with Crippen LogP contribution in [0.3, 0.4) is 0 Å². The van der Waals surface area contributed by atoms with Crippen molar-refractivity contribution in [2.75, 3.05) is 18.0 Å². The molecule has 0 saturated carbocycles. The SMILES string of the molecule is Cc1cc(C)c(/C(N)=N/O)c(N2CCC(C)C(C)C2)n1. The monoisotopic (exact) mass is 276 g/mol. The van der Waals surface area contributed by atoms with Gasteiger partial charge in [-0.3, -0.25) is 0 Å². The van der Waals surface area contributed by atoms with Gasteiger partial charge in [-0.2, -0.15) is 0 Å². The van der Waals surface area contributed by atoms with Crippen LogP contribution in [0.15, 0.2) is 11.2 Å². The van der Waals surface area contributed by atoms with Gasteiger partial charge in [0.15, 0.2) is 5.84 Å². The zero-order valence-corrected chi connectivity index (χ0v) is 12.7. The summed E-state index contributed by atoms with van der Waals surface area (Å²) in [6.45, 7) is 10.4. The highest BCUT2D eigenvalue weighted by Gasteiger charge is 2.26. The summed E-state index contributed by atoms with van der Waals surface area (Å²) in [6, 6.07) is 1.97. The van der Waals surface area contributed by atoms with Crippen molar-refractivity contribution < 1.29 is 5.21 Å². The number of rotatable bonds is 2. The van der Waals surface area contributed by atoms with Crippen LogP contribution in [-0.2, 0) is 0 Å². The average Bonchev–Trinajstić information content (AvgIpc) is 2.40. The molecule has 2 heterocycles. The predicted octanol–water partition coefficient (Wildman–Crippen LogP) is 2.28. The zero-order chi connectivity index (χ0) is 14.9. The number of oxime groups is 1. The van der Waals surface area contributed by atoms with Crippen molar-refractivity contribution in [3.05, 3.63) is 22.9 Å². The molecule has 2 unspecified atom stereocenters. The highest BCUT2D eigenvalue weighted by atomic mass is 16.4. The number of nitrogens with zero attached hydrogens (tertiary/aromatic N) is 3. The number of aryl methyl sites for hydroxylation is 2. The van der Waals surface area contributed by atoms with E-state index in [0.29, 0.717) is 5.92 Å². The summed E-state index contributed by atoms with van der Waals surface area (Å²) in [5.74, 6) is 2.32. The number of pyridine rings is 1. The van der Waals surface area contributed by atoms with E-state index in [-0.39, 0.29) is 5.84 Å². The first kappa shape index (κ1) is 14.6. The highest BCUT2D eigenvalue weighted by molar-refractivity contribution is 6.02. The van der Waals surface area contributed by atoms with Crippen molar-refractivity contribution in [3.8, 4) is 0 Å². The van der Waals surface area contributed by atoms with Gasteiger partial charge in [-0.25, -0.2) is 4.98 Å². The summed E-state index contributed by atoms with van der Waals surface area (Å²) in [5.41, 5.74) is 8.55. The molecule has 1 aliphatic rings. The van der Waals surface area contributed by atoms with Crippen molar-refractivity contribution in [2.24, 2.45) is 22.7 Å². The Kier molecular flexibility index (Phi) is 4.16. The number of aromatic nitrogens is 1. The summed E-state index contributed by atoms with van der Waals surface area (Å²) in [6.07, 6.45) is 1.14. The molecule has 20 heavy (non-hydrogen) atoms. The molecule has 0 amide bonds. The van der Waals surface area contributed by atoms with Gasteiger partial charge in [-0.05, 0) is 43.7 Å². The first-order valence-electron chi connectivity index (χ1n) is 7.15. The van der Waals surface area contributed by atoms with Crippen LogP contribution in [0.1, 0.15) is 37.1 Å². The predicted molar refractivity (Wildman–Crippen MR) is 81.4 cm³/mol. The topological polar surface area (TPSA) is 74.7 Å². The molecule has 2 rings (SSSR count). The number of hydrogen-bond donors (Lipinski definition) is 2. The van der Waals surface area contributed by atoms with Crippen molar-refractivity contribution >= 4 is 11.7 Å². The minimum atomic E-state index is 0.135. The van der Waals surface area contributed by atoms with Crippen LogP contribution in [0.4, 0.5) is 5.82 Å². The molecule has 1 aromatic rings. The van der Waals surface area contributed by atoms with E-state index in [1.807, 2.05) is 19.9 Å². The molecule has 110 valence electrons. The van der Waals surface area contributed by atoms with Crippen LogP contribution < -0.4 is 10.6 Å². The largest absolute Gasteiger partial charge is 0.409 e. The van der Waals surface area contributed by atoms with E-state index in [0.717, 1.165) is 48.1 Å². The Hall–Kier alpha value is -1.78. The average molecular weight is 276 g/mol. The Morgan fingerprint density at radius 2 is 2.10 bits per heavy atom. The molecular formula is C15H24N4O. The van der Waals surface area contributed by atoms with Crippen LogP contribution in [0.2, 0.25) is 0 Å². The maximum absolute atomic E-state index is 9.02. The molecule has 5 heteroatoms. The van der Waals surface area contributed by atoms with E-state index in [2.05, 4.69) is 28.9 Å². The Balaban J connectivity index is 2.45. The lowest BCUT2D eigenvalue weighted by Gasteiger charge is -2.37. The van der Waals surface area contributed by atoms with E-state index in [4.69, 9.17) is 10.9 Å². The number of piperidine rings is 1. The minimum absolute atomic E-state index is 0.135. The molecule has 0 aliphatic carbocycles. The standard InChI is InChI=1S/C15H24N4O/c1-9-5-6-19(8-11(9)3)15-13(14(16)18-20)10(2)7-12(4)17-15/h7,9,11,20H,5-6,8H2,1-4H3,(H2,16,18). The van der Waals surface area contributed by atoms with Crippen molar-refractivity contribution in [3.63, 3.8) is 0 Å². The van der Waals surface area contributed by atoms with Gasteiger partial charge in [0.05, 0.1) is 5.56 Å². The summed E-state index contributed by atoms with van der Waals surface area (Å²) in [7, 11) is 0. The first-order valence-corrected chi connectivity index (χ1v) is 7.15. The lowest BCUT2D eigenvalue weighted by Crippen LogP contribution is -2.40. The fourth-order valence-corrected chi connectivity index (χ4v) is 2.87. The summed E-state index contributed by atoms with van der Waals surface area (Å²) < 4.78 is 0. The first-order chi connectivity index (χ1) is 9.43. The Bertz CT molecular complexity index is 527. The fourth-order valence-electron chi connectivity index (χ4n) is 2.87. The maximum atomic E-state index is 9.02. The maximum Gasteiger partial charge on any atom is 0.174 e. The summed E-state index contributed by atoms with van der Waals surface area (Å²) in [4.78, 5) is 6.90. The van der Waals surface area contributed by atoms with Crippen LogP contribution >= 0.6 is 0 Å². The Morgan fingerprint density at radius 3 is 2.70 bits per heavy atom. The molecule has 1 aliphatic heterocycles. The summed E-state index contributed by atoms with van der Waals surface area (Å²) >= 11 is 0. The van der Waals surface area contributed by atoms with Gasteiger partial charge in [0.2, 0.25) is 0 Å². The highest BCUT2D eigenvalue weighted by Crippen LogP contribution is 2.29. The zero-order valence-electron chi connectivity index (χ0n) is 12.7. The van der Waals surface area contributed by atoms with E-state index in [9.17, 15) is 0 Å². The minimum Gasteiger partial charge on any atom is -0.409 e. The Morgan fingerprint density at radius 1 is 1.40 bits per heavy atom. The number of amidine groups is 1. The van der Waals surface area contributed by atoms with Crippen LogP contribution in [0.25, 0.3) is 0 Å². The van der Waals surface area contributed by atoms with Gasteiger partial charge in [-0.1, -0.05) is 19.0 Å². The summed E-state index contributed by atoms with van der Waals surface area (Å²) in [5, 5.41) is 12.2. The fraction of sp³-hybridized carbons (Fsp3) is 0.600. The molecule has 2 atom stereocenters. The lowest BCUT2D eigenvalue weighted by molar-refractivity contribution is 0.318. The van der Waals surface area contributed by atoms with E-state index in [1.54, 1.807) is 0 Å². The van der Waals surface area contributed by atoms with Gasteiger partial charge in [0.25, 0.3) is 0 Å². The second kappa shape index (κ2) is 5.69. The number of hydrogen-bond acceptors (Lipinski definition) is 4. The molecule has 3 N–H and O–H groups in total. The third kappa shape index (κ3) is 2.71. The lowest BCUT2D eigenvalue weighted by atomic mass is 9.88. The molecule has 0 radical (unpaired) electrons. The third-order valence-electron chi connectivity index (χ3n) is 4.32. The van der Waals surface area contributed by atoms with Gasteiger partial charge in [0, 0.05) is 18.8 Å². The number of anilines is 1. The molecular weight excluding hydrogens is 252 g/mol. The van der Waals surface area contributed by atoms with E-state index >= 15 is 0 Å². The van der Waals surface area contributed by atoms with E-state index < -0.39 is 0 Å².